The molecular formula is C14H24O3. The molecule has 98 valence electrons. The molecular weight excluding hydrogens is 216 g/mol. The number of hydrogen-bond acceptors (Lipinski definition) is 3. The van der Waals surface area contributed by atoms with E-state index in [0.29, 0.717) is 11.8 Å². The summed E-state index contributed by atoms with van der Waals surface area (Å²) in [5.41, 5.74) is -0.943. The quantitative estimate of drug-likeness (QED) is 0.550. The van der Waals surface area contributed by atoms with Crippen LogP contribution in [0, 0.1) is 17.8 Å². The summed E-state index contributed by atoms with van der Waals surface area (Å²) >= 11 is 0. The highest BCUT2D eigenvalue weighted by molar-refractivity contribution is 5.85. The van der Waals surface area contributed by atoms with E-state index in [1.807, 2.05) is 0 Å². The van der Waals surface area contributed by atoms with Crippen molar-refractivity contribution in [3.05, 3.63) is 0 Å². The Labute approximate surface area is 104 Å². The Morgan fingerprint density at radius 1 is 1.35 bits per heavy atom. The van der Waals surface area contributed by atoms with Gasteiger partial charge in [0.05, 0.1) is 7.11 Å². The Morgan fingerprint density at radius 3 is 2.53 bits per heavy atom. The molecule has 0 aromatic heterocycles. The van der Waals surface area contributed by atoms with Gasteiger partial charge in [-0.15, -0.1) is 0 Å². The molecule has 1 aliphatic heterocycles. The number of hydrogen-bond donors (Lipinski definition) is 0. The van der Waals surface area contributed by atoms with Crippen molar-refractivity contribution in [3.63, 3.8) is 0 Å². The normalized spacial score (nSPS) is 45.1. The van der Waals surface area contributed by atoms with Crippen LogP contribution in [-0.4, -0.2) is 24.3 Å². The molecule has 1 spiro atoms. The van der Waals surface area contributed by atoms with Gasteiger partial charge in [-0.1, -0.05) is 34.1 Å². The van der Waals surface area contributed by atoms with Crippen LogP contribution in [0.4, 0.5) is 0 Å². The molecule has 2 aliphatic rings. The van der Waals surface area contributed by atoms with E-state index in [1.165, 1.54) is 13.5 Å². The van der Waals surface area contributed by atoms with Crippen molar-refractivity contribution in [2.75, 3.05) is 7.11 Å². The predicted molar refractivity (Wildman–Crippen MR) is 65.6 cm³/mol. The van der Waals surface area contributed by atoms with E-state index in [0.717, 1.165) is 12.8 Å². The Morgan fingerprint density at radius 2 is 2.00 bits per heavy atom. The minimum atomic E-state index is -0.685. The number of carbonyl (C=O) groups excluding carboxylic acids is 1. The second kappa shape index (κ2) is 3.98. The number of ether oxygens (including phenoxy) is 2. The fourth-order valence-electron chi connectivity index (χ4n) is 3.72. The lowest BCUT2D eigenvalue weighted by Gasteiger charge is -2.33. The molecule has 4 atom stereocenters. The molecule has 0 N–H and O–H groups in total. The molecule has 1 aliphatic carbocycles. The molecule has 3 nitrogen and oxygen atoms in total. The van der Waals surface area contributed by atoms with E-state index in [9.17, 15) is 4.79 Å². The van der Waals surface area contributed by atoms with Crippen LogP contribution in [0.3, 0.4) is 0 Å². The van der Waals surface area contributed by atoms with Crippen LogP contribution in [0.15, 0.2) is 0 Å². The zero-order valence-electron chi connectivity index (χ0n) is 11.6. The van der Waals surface area contributed by atoms with Crippen molar-refractivity contribution in [3.8, 4) is 0 Å². The van der Waals surface area contributed by atoms with E-state index in [4.69, 9.17) is 9.47 Å². The molecule has 0 bridgehead atoms. The van der Waals surface area contributed by atoms with Gasteiger partial charge < -0.3 is 9.47 Å². The summed E-state index contributed by atoms with van der Waals surface area (Å²) in [5, 5.41) is 0. The molecule has 17 heavy (non-hydrogen) atoms. The van der Waals surface area contributed by atoms with Crippen molar-refractivity contribution >= 4 is 5.97 Å². The lowest BCUT2D eigenvalue weighted by atomic mass is 9.67. The van der Waals surface area contributed by atoms with Crippen molar-refractivity contribution in [2.24, 2.45) is 17.8 Å². The molecule has 1 saturated heterocycles. The van der Waals surface area contributed by atoms with Crippen LogP contribution < -0.4 is 0 Å². The Bertz CT molecular complexity index is 325. The third-order valence-corrected chi connectivity index (χ3v) is 4.77. The minimum Gasteiger partial charge on any atom is -0.467 e. The van der Waals surface area contributed by atoms with E-state index in [2.05, 4.69) is 27.7 Å². The fraction of sp³-hybridized carbons (Fsp3) is 0.929. The Kier molecular flexibility index (Phi) is 3.01. The molecule has 2 fully saturated rings. The topological polar surface area (TPSA) is 38.8 Å². The smallest absolute Gasteiger partial charge is 0.341 e. The summed E-state index contributed by atoms with van der Waals surface area (Å²) in [4.78, 5) is 12.1. The number of carbonyl (C=O) groups is 1. The van der Waals surface area contributed by atoms with Gasteiger partial charge in [0, 0.05) is 0 Å². The number of rotatable bonds is 2. The van der Waals surface area contributed by atoms with Crippen LogP contribution in [0.5, 0.6) is 0 Å². The second-order valence-corrected chi connectivity index (χ2v) is 6.16. The summed E-state index contributed by atoms with van der Waals surface area (Å²) in [6.45, 7) is 8.56. The highest BCUT2D eigenvalue weighted by atomic mass is 16.7. The van der Waals surface area contributed by atoms with Crippen LogP contribution in [0.2, 0.25) is 0 Å². The van der Waals surface area contributed by atoms with E-state index < -0.39 is 5.60 Å². The average Bonchev–Trinajstić information content (AvgIpc) is 2.94. The van der Waals surface area contributed by atoms with Gasteiger partial charge in [0.2, 0.25) is 0 Å². The first-order chi connectivity index (χ1) is 7.90. The van der Waals surface area contributed by atoms with Gasteiger partial charge in [-0.2, -0.15) is 0 Å². The zero-order valence-corrected chi connectivity index (χ0v) is 11.6. The average molecular weight is 240 g/mol. The SMILES string of the molecule is COC(=O)C1(C(C)C)OC12CC(C)CCC2C. The minimum absolute atomic E-state index is 0.169. The lowest BCUT2D eigenvalue weighted by Crippen LogP contribution is -2.45. The molecule has 0 aromatic rings. The van der Waals surface area contributed by atoms with Gasteiger partial charge in [-0.05, 0) is 30.6 Å². The summed E-state index contributed by atoms with van der Waals surface area (Å²) in [6.07, 6.45) is 3.37. The van der Waals surface area contributed by atoms with Crippen LogP contribution in [-0.2, 0) is 14.3 Å². The summed E-state index contributed by atoms with van der Waals surface area (Å²) in [7, 11) is 1.46. The summed E-state index contributed by atoms with van der Waals surface area (Å²) < 4.78 is 11.0. The van der Waals surface area contributed by atoms with Gasteiger partial charge in [-0.3, -0.25) is 0 Å². The molecule has 0 radical (unpaired) electrons. The van der Waals surface area contributed by atoms with Crippen molar-refractivity contribution in [2.45, 2.75) is 58.2 Å². The molecule has 1 heterocycles. The Balaban J connectivity index is 2.31. The van der Waals surface area contributed by atoms with Gasteiger partial charge in [0.15, 0.2) is 5.60 Å². The third-order valence-electron chi connectivity index (χ3n) is 4.77. The first-order valence-electron chi connectivity index (χ1n) is 6.69. The van der Waals surface area contributed by atoms with Crippen molar-refractivity contribution in [1.82, 2.24) is 0 Å². The third kappa shape index (κ3) is 1.55. The largest absolute Gasteiger partial charge is 0.467 e. The number of methoxy groups -OCH3 is 1. The van der Waals surface area contributed by atoms with Gasteiger partial charge in [0.25, 0.3) is 0 Å². The molecule has 0 amide bonds. The molecule has 3 heteroatoms. The van der Waals surface area contributed by atoms with E-state index >= 15 is 0 Å². The number of epoxide rings is 1. The van der Waals surface area contributed by atoms with Gasteiger partial charge in [-0.25, -0.2) is 4.79 Å². The summed E-state index contributed by atoms with van der Waals surface area (Å²) in [5.74, 6) is 1.06. The van der Waals surface area contributed by atoms with E-state index in [1.54, 1.807) is 0 Å². The second-order valence-electron chi connectivity index (χ2n) is 6.16. The lowest BCUT2D eigenvalue weighted by molar-refractivity contribution is -0.148. The maximum atomic E-state index is 12.1. The van der Waals surface area contributed by atoms with Crippen molar-refractivity contribution in [1.29, 1.82) is 0 Å². The monoisotopic (exact) mass is 240 g/mol. The van der Waals surface area contributed by atoms with Crippen LogP contribution in [0.25, 0.3) is 0 Å². The first kappa shape index (κ1) is 12.9. The maximum absolute atomic E-state index is 12.1. The highest BCUT2D eigenvalue weighted by Crippen LogP contribution is 2.63. The standard InChI is InChI=1S/C14H24O3/c1-9(2)14(12(15)16-5)13(17-14)8-10(3)6-7-11(13)4/h9-11H,6-8H2,1-5H3. The molecule has 2 rings (SSSR count). The first-order valence-corrected chi connectivity index (χ1v) is 6.69. The highest BCUT2D eigenvalue weighted by Gasteiger charge is 2.78. The number of esters is 1. The zero-order chi connectivity index (χ0) is 12.8. The molecule has 1 saturated carbocycles. The van der Waals surface area contributed by atoms with Crippen molar-refractivity contribution < 1.29 is 14.3 Å². The van der Waals surface area contributed by atoms with E-state index in [-0.39, 0.29) is 17.5 Å². The molecule has 0 aromatic carbocycles. The van der Waals surface area contributed by atoms with Gasteiger partial charge in [0.1, 0.15) is 5.60 Å². The fourth-order valence-corrected chi connectivity index (χ4v) is 3.72. The van der Waals surface area contributed by atoms with Crippen LogP contribution >= 0.6 is 0 Å². The summed E-state index contributed by atoms with van der Waals surface area (Å²) in [6, 6.07) is 0. The van der Waals surface area contributed by atoms with Gasteiger partial charge >= 0.3 is 5.97 Å². The van der Waals surface area contributed by atoms with Crippen LogP contribution in [0.1, 0.15) is 47.0 Å². The Hall–Kier alpha value is -0.570. The molecule has 4 unspecified atom stereocenters. The predicted octanol–water partition coefficient (Wildman–Crippen LogP) is 2.78. The maximum Gasteiger partial charge on any atom is 0.341 e.